The normalized spacial score (nSPS) is 12.2. The highest BCUT2D eigenvalue weighted by Gasteiger charge is 2.28. The van der Waals surface area contributed by atoms with Gasteiger partial charge in [0.05, 0.1) is 0 Å². The number of fused-ring (bicyclic) bond motifs is 3. The molecule has 0 spiro atoms. The van der Waals surface area contributed by atoms with Crippen molar-refractivity contribution in [3.63, 3.8) is 0 Å². The van der Waals surface area contributed by atoms with Crippen LogP contribution in [-0.2, 0) is 0 Å². The van der Waals surface area contributed by atoms with Gasteiger partial charge in [0.15, 0.2) is 0 Å². The molecule has 0 fully saturated rings. The molecular formula is C39H54. The Morgan fingerprint density at radius 1 is 0.487 bits per heavy atom. The van der Waals surface area contributed by atoms with E-state index < -0.39 is 0 Å². The molecule has 0 radical (unpaired) electrons. The molecular weight excluding hydrogens is 468 g/mol. The first-order chi connectivity index (χ1) is 19.3. The zero-order valence-corrected chi connectivity index (χ0v) is 25.0. The van der Waals surface area contributed by atoms with Crippen LogP contribution in [0, 0.1) is 24.7 Å². The Bertz CT molecular complexity index is 979. The molecule has 0 heterocycles. The van der Waals surface area contributed by atoms with Gasteiger partial charge in [0.1, 0.15) is 0 Å². The quantitative estimate of drug-likeness (QED) is 0.113. The molecule has 39 heavy (non-hydrogen) atoms. The third kappa shape index (κ3) is 10.6. The maximum Gasteiger partial charge on any atom is 0.0245 e. The number of hydrogen-bond donors (Lipinski definition) is 0. The summed E-state index contributed by atoms with van der Waals surface area (Å²) in [6, 6.07) is 13.0. The van der Waals surface area contributed by atoms with Crippen LogP contribution >= 0.6 is 0 Å². The standard InChI is InChI=1S/C39H54/c1-4-7-8-9-10-11-12-13-14-15-16-17-18-19-20-21-22-23-24-25-26-35-38-31-33(5-2)27-29-36(38)37-30-28-34(6-3)32-39(35)37/h2-3,27-32,35H,4,7-26H2,1H3. The van der Waals surface area contributed by atoms with Gasteiger partial charge in [0.2, 0.25) is 0 Å². The topological polar surface area (TPSA) is 0 Å². The molecule has 0 aliphatic heterocycles. The highest BCUT2D eigenvalue weighted by atomic mass is 14.3. The Morgan fingerprint density at radius 3 is 1.15 bits per heavy atom. The van der Waals surface area contributed by atoms with Gasteiger partial charge < -0.3 is 0 Å². The average Bonchev–Trinajstić information content (AvgIpc) is 3.27. The Balaban J connectivity index is 1.20. The van der Waals surface area contributed by atoms with Gasteiger partial charge in [-0.2, -0.15) is 0 Å². The van der Waals surface area contributed by atoms with E-state index in [-0.39, 0.29) is 0 Å². The van der Waals surface area contributed by atoms with E-state index in [0.717, 1.165) is 11.1 Å². The second-order valence-electron chi connectivity index (χ2n) is 12.0. The fourth-order valence-electron chi connectivity index (χ4n) is 6.45. The predicted octanol–water partition coefficient (Wildman–Crippen LogP) is 12.0. The molecule has 1 aliphatic rings. The molecule has 1 aliphatic carbocycles. The summed E-state index contributed by atoms with van der Waals surface area (Å²) in [5.74, 6) is 6.07. The molecule has 3 rings (SSSR count). The fourth-order valence-corrected chi connectivity index (χ4v) is 6.45. The SMILES string of the molecule is C#Cc1ccc2c(c1)C(CCCCCCCCCCCCCCCCCCCCCC)c1cc(C#C)ccc1-2. The maximum absolute atomic E-state index is 5.72. The van der Waals surface area contributed by atoms with Crippen LogP contribution in [0.25, 0.3) is 11.1 Å². The van der Waals surface area contributed by atoms with Crippen LogP contribution in [0.3, 0.4) is 0 Å². The second kappa shape index (κ2) is 18.8. The average molecular weight is 523 g/mol. The van der Waals surface area contributed by atoms with Crippen LogP contribution < -0.4 is 0 Å². The second-order valence-corrected chi connectivity index (χ2v) is 12.0. The lowest BCUT2D eigenvalue weighted by Gasteiger charge is -2.14. The van der Waals surface area contributed by atoms with Crippen molar-refractivity contribution >= 4 is 0 Å². The molecule has 0 saturated carbocycles. The minimum Gasteiger partial charge on any atom is -0.115 e. The van der Waals surface area contributed by atoms with Gasteiger partial charge in [-0.3, -0.25) is 0 Å². The minimum atomic E-state index is 0.423. The van der Waals surface area contributed by atoms with Gasteiger partial charge in [-0.05, 0) is 52.9 Å². The Morgan fingerprint density at radius 2 is 0.821 bits per heavy atom. The van der Waals surface area contributed by atoms with Gasteiger partial charge in [-0.25, -0.2) is 0 Å². The van der Waals surface area contributed by atoms with E-state index in [2.05, 4.69) is 55.2 Å². The molecule has 0 atom stereocenters. The zero-order chi connectivity index (χ0) is 27.5. The largest absolute Gasteiger partial charge is 0.115 e. The Labute approximate surface area is 241 Å². The molecule has 0 unspecified atom stereocenters. The van der Waals surface area contributed by atoms with Crippen molar-refractivity contribution in [1.29, 1.82) is 0 Å². The smallest absolute Gasteiger partial charge is 0.0245 e. The summed E-state index contributed by atoms with van der Waals surface area (Å²) in [6.07, 6.45) is 41.0. The van der Waals surface area contributed by atoms with Crippen molar-refractivity contribution in [2.75, 3.05) is 0 Å². The van der Waals surface area contributed by atoms with E-state index in [0.29, 0.717) is 5.92 Å². The lowest BCUT2D eigenvalue weighted by Crippen LogP contribution is -1.98. The van der Waals surface area contributed by atoms with Gasteiger partial charge in [0.25, 0.3) is 0 Å². The molecule has 2 aromatic carbocycles. The summed E-state index contributed by atoms with van der Waals surface area (Å²) in [6.45, 7) is 2.30. The van der Waals surface area contributed by atoms with E-state index in [1.807, 2.05) is 0 Å². The molecule has 0 heteroatoms. The molecule has 210 valence electrons. The first-order valence-electron chi connectivity index (χ1n) is 16.5. The lowest BCUT2D eigenvalue weighted by molar-refractivity contribution is 0.518. The number of rotatable bonds is 21. The van der Waals surface area contributed by atoms with Crippen molar-refractivity contribution < 1.29 is 0 Å². The molecule has 0 saturated heterocycles. The first-order valence-corrected chi connectivity index (χ1v) is 16.5. The van der Waals surface area contributed by atoms with Crippen molar-refractivity contribution in [3.8, 4) is 35.8 Å². The third-order valence-electron chi connectivity index (χ3n) is 8.82. The van der Waals surface area contributed by atoms with Crippen LogP contribution in [0.2, 0.25) is 0 Å². The van der Waals surface area contributed by atoms with Crippen LogP contribution in [0.15, 0.2) is 36.4 Å². The van der Waals surface area contributed by atoms with Crippen molar-refractivity contribution in [3.05, 3.63) is 58.7 Å². The van der Waals surface area contributed by atoms with Gasteiger partial charge in [-0.15, -0.1) is 12.8 Å². The monoisotopic (exact) mass is 522 g/mol. The van der Waals surface area contributed by atoms with Crippen molar-refractivity contribution in [2.45, 2.75) is 148 Å². The Kier molecular flexibility index (Phi) is 15.0. The van der Waals surface area contributed by atoms with Crippen molar-refractivity contribution in [2.24, 2.45) is 0 Å². The number of terminal acetylenes is 2. The van der Waals surface area contributed by atoms with Crippen LogP contribution in [0.5, 0.6) is 0 Å². The van der Waals surface area contributed by atoms with Gasteiger partial charge >= 0.3 is 0 Å². The molecule has 2 aromatic rings. The highest BCUT2D eigenvalue weighted by molar-refractivity contribution is 5.80. The molecule has 0 N–H and O–H groups in total. The summed E-state index contributed by atoms with van der Waals surface area (Å²) in [4.78, 5) is 0. The number of hydrogen-bond acceptors (Lipinski definition) is 0. The van der Waals surface area contributed by atoms with Gasteiger partial charge in [-0.1, -0.05) is 159 Å². The fraction of sp³-hybridized carbons (Fsp3) is 0.590. The van der Waals surface area contributed by atoms with E-state index in [1.165, 1.54) is 157 Å². The summed E-state index contributed by atoms with van der Waals surface area (Å²) >= 11 is 0. The van der Waals surface area contributed by atoms with Crippen molar-refractivity contribution in [1.82, 2.24) is 0 Å². The number of unbranched alkanes of at least 4 members (excludes halogenated alkanes) is 19. The Hall–Kier alpha value is -2.44. The summed E-state index contributed by atoms with van der Waals surface area (Å²) in [5, 5.41) is 0. The minimum absolute atomic E-state index is 0.423. The van der Waals surface area contributed by atoms with Crippen LogP contribution in [0.1, 0.15) is 170 Å². The summed E-state index contributed by atoms with van der Waals surface area (Å²) in [7, 11) is 0. The first kappa shape index (κ1) is 31.1. The third-order valence-corrected chi connectivity index (χ3v) is 8.82. The molecule has 0 amide bonds. The molecule has 0 bridgehead atoms. The number of benzene rings is 2. The van der Waals surface area contributed by atoms with Crippen LogP contribution in [0.4, 0.5) is 0 Å². The summed E-state index contributed by atoms with van der Waals surface area (Å²) < 4.78 is 0. The molecule has 0 aromatic heterocycles. The lowest BCUT2D eigenvalue weighted by atomic mass is 9.89. The van der Waals surface area contributed by atoms with Crippen LogP contribution in [-0.4, -0.2) is 0 Å². The predicted molar refractivity (Wildman–Crippen MR) is 172 cm³/mol. The van der Waals surface area contributed by atoms with E-state index in [9.17, 15) is 0 Å². The maximum atomic E-state index is 5.72. The van der Waals surface area contributed by atoms with E-state index in [1.54, 1.807) is 0 Å². The highest BCUT2D eigenvalue weighted by Crippen LogP contribution is 2.47. The van der Waals surface area contributed by atoms with E-state index in [4.69, 9.17) is 12.8 Å². The van der Waals surface area contributed by atoms with Gasteiger partial charge in [0, 0.05) is 17.0 Å². The van der Waals surface area contributed by atoms with E-state index >= 15 is 0 Å². The zero-order valence-electron chi connectivity index (χ0n) is 25.0. The molecule has 0 nitrogen and oxygen atoms in total. The summed E-state index contributed by atoms with van der Waals surface area (Å²) in [5.41, 5.74) is 7.43.